The summed E-state index contributed by atoms with van der Waals surface area (Å²) in [4.78, 5) is 31.2. The highest BCUT2D eigenvalue weighted by Crippen LogP contribution is 2.68. The average molecular weight is 814 g/mol. The molecule has 18 heteroatoms. The number of anilines is 1. The zero-order valence-electron chi connectivity index (χ0n) is 30.7. The summed E-state index contributed by atoms with van der Waals surface area (Å²) in [5.41, 5.74) is -1.89. The highest BCUT2D eigenvalue weighted by atomic mass is 35.5. The van der Waals surface area contributed by atoms with Crippen molar-refractivity contribution in [3.8, 4) is 23.0 Å². The number of methoxy groups -OCH3 is 1. The molecule has 2 aromatic carbocycles. The lowest BCUT2D eigenvalue weighted by molar-refractivity contribution is -0.123. The van der Waals surface area contributed by atoms with Gasteiger partial charge < -0.3 is 20.5 Å². The van der Waals surface area contributed by atoms with E-state index < -0.39 is 77.2 Å². The van der Waals surface area contributed by atoms with Crippen molar-refractivity contribution in [1.82, 2.24) is 29.9 Å². The first kappa shape index (κ1) is 39.8. The van der Waals surface area contributed by atoms with E-state index >= 15 is 8.78 Å². The first-order valence-electron chi connectivity index (χ1n) is 17.6. The number of benzene rings is 2. The molecular formula is C39H34ClF6N7O4. The number of nitrogens with one attached hydrogen (secondary N) is 2. The molecule has 3 heterocycles. The molecule has 1 unspecified atom stereocenters. The minimum Gasteiger partial charge on any atom is -0.378 e. The highest BCUT2D eigenvalue weighted by Gasteiger charge is 2.67. The number of pyridine rings is 1. The summed E-state index contributed by atoms with van der Waals surface area (Å²) in [6.45, 7) is 1.72. The number of halogens is 7. The third kappa shape index (κ3) is 7.81. The van der Waals surface area contributed by atoms with Crippen molar-refractivity contribution in [2.24, 2.45) is 13.0 Å². The monoisotopic (exact) mass is 813 g/mol. The number of nitrogens with zero attached hydrogens (tertiary/aromatic N) is 5. The van der Waals surface area contributed by atoms with Crippen LogP contribution in [-0.4, -0.2) is 60.8 Å². The molecule has 5 aromatic rings. The van der Waals surface area contributed by atoms with Gasteiger partial charge in [0.25, 0.3) is 18.3 Å². The van der Waals surface area contributed by atoms with Crippen molar-refractivity contribution >= 4 is 40.1 Å². The van der Waals surface area contributed by atoms with E-state index in [-0.39, 0.29) is 52.8 Å². The Labute approximate surface area is 326 Å². The molecule has 1 saturated carbocycles. The summed E-state index contributed by atoms with van der Waals surface area (Å²) in [6, 6.07) is 7.75. The number of amides is 2. The van der Waals surface area contributed by atoms with E-state index in [1.54, 1.807) is 19.2 Å². The van der Waals surface area contributed by atoms with Gasteiger partial charge >= 0.3 is 0 Å². The zero-order valence-corrected chi connectivity index (χ0v) is 31.5. The molecule has 1 fully saturated rings. The second kappa shape index (κ2) is 14.8. The minimum atomic E-state index is -3.49. The van der Waals surface area contributed by atoms with Gasteiger partial charge in [-0.25, -0.2) is 22.5 Å². The molecule has 0 bridgehead atoms. The lowest BCUT2D eigenvalue weighted by Gasteiger charge is -2.23. The van der Waals surface area contributed by atoms with Gasteiger partial charge in [0.2, 0.25) is 5.91 Å². The highest BCUT2D eigenvalue weighted by molar-refractivity contribution is 6.37. The molecule has 3 atom stereocenters. The van der Waals surface area contributed by atoms with Crippen LogP contribution in [-0.2, 0) is 40.3 Å². The molecule has 57 heavy (non-hydrogen) atoms. The summed E-state index contributed by atoms with van der Waals surface area (Å²) >= 11 is 6.65. The fourth-order valence-electron chi connectivity index (χ4n) is 7.37. The van der Waals surface area contributed by atoms with Gasteiger partial charge in [-0.15, -0.1) is 0 Å². The van der Waals surface area contributed by atoms with Gasteiger partial charge in [-0.1, -0.05) is 23.6 Å². The van der Waals surface area contributed by atoms with Crippen molar-refractivity contribution in [3.05, 3.63) is 93.0 Å². The van der Waals surface area contributed by atoms with Gasteiger partial charge in [0.1, 0.15) is 47.5 Å². The molecule has 3 aromatic heterocycles. The number of hydrogen-bond acceptors (Lipinski definition) is 7. The van der Waals surface area contributed by atoms with Gasteiger partial charge in [-0.2, -0.15) is 19.0 Å². The standard InChI is InChI=1S/C39H34ClF6N7O4/c1-38(2,56)10-9-21-5-6-22(23-7-8-26(40)31-34(23)52(3)51-37(31)49-29(55)17-57-4)32(47-21)27(13-18-11-19(41)14-20(42)12-18)48-28(54)16-53-35-30(33(50-53)36(43)44)24-15-25(24)39(35,45)46/h5-8,11-12,14,24-25,27,36,56H,13,15-17H2,1-4H3,(H,48,54)(H,49,51,55)/t24-,25?,27-/m0/s1. The largest absolute Gasteiger partial charge is 0.378 e. The lowest BCUT2D eigenvalue weighted by Crippen LogP contribution is -2.35. The molecular weight excluding hydrogens is 780 g/mol. The van der Waals surface area contributed by atoms with Crippen LogP contribution in [0.2, 0.25) is 5.02 Å². The predicted octanol–water partition coefficient (Wildman–Crippen LogP) is 6.72. The minimum absolute atomic E-state index is 0.0284. The molecule has 0 saturated heterocycles. The van der Waals surface area contributed by atoms with Crippen LogP contribution in [0.1, 0.15) is 72.6 Å². The number of carbonyl (C=O) groups excluding carboxylic acids is 2. The fraction of sp³-hybridized carbons (Fsp3) is 0.359. The maximum Gasteiger partial charge on any atom is 0.293 e. The number of fused-ring (bicyclic) bond motifs is 4. The fourth-order valence-corrected chi connectivity index (χ4v) is 7.61. The van der Waals surface area contributed by atoms with Crippen molar-refractivity contribution in [3.63, 3.8) is 0 Å². The van der Waals surface area contributed by atoms with Gasteiger partial charge in [0, 0.05) is 42.8 Å². The summed E-state index contributed by atoms with van der Waals surface area (Å²) < 4.78 is 95.0. The molecule has 298 valence electrons. The van der Waals surface area contributed by atoms with Crippen LogP contribution >= 0.6 is 11.6 Å². The van der Waals surface area contributed by atoms with Crippen molar-refractivity contribution in [2.75, 3.05) is 19.0 Å². The maximum absolute atomic E-state index is 15.4. The zero-order chi connectivity index (χ0) is 41.1. The van der Waals surface area contributed by atoms with E-state index in [4.69, 9.17) is 21.3 Å². The first-order valence-corrected chi connectivity index (χ1v) is 18.0. The maximum atomic E-state index is 15.4. The Bertz CT molecular complexity index is 2480. The Morgan fingerprint density at radius 1 is 1.07 bits per heavy atom. The van der Waals surface area contributed by atoms with E-state index in [0.717, 1.165) is 12.1 Å². The number of rotatable bonds is 11. The number of hydrogen-bond donors (Lipinski definition) is 3. The van der Waals surface area contributed by atoms with Gasteiger partial charge in [0.15, 0.2) is 5.82 Å². The summed E-state index contributed by atoms with van der Waals surface area (Å²) in [7, 11) is 2.94. The third-order valence-corrected chi connectivity index (χ3v) is 9.98. The van der Waals surface area contributed by atoms with Crippen molar-refractivity contribution in [1.29, 1.82) is 0 Å². The number of aryl methyl sites for hydroxylation is 1. The van der Waals surface area contributed by atoms with Crippen LogP contribution in [0.3, 0.4) is 0 Å². The molecule has 2 aliphatic rings. The molecule has 3 N–H and O–H groups in total. The summed E-state index contributed by atoms with van der Waals surface area (Å²) in [6.07, 6.45) is -3.45. The number of alkyl halides is 4. The van der Waals surface area contributed by atoms with Crippen LogP contribution in [0, 0.1) is 29.4 Å². The number of ether oxygens (including phenoxy) is 1. The Hall–Kier alpha value is -5.44. The Kier molecular flexibility index (Phi) is 10.3. The molecule has 7 rings (SSSR count). The van der Waals surface area contributed by atoms with Crippen molar-refractivity contribution in [2.45, 2.75) is 63.1 Å². The summed E-state index contributed by atoms with van der Waals surface area (Å²) in [5.74, 6) is -3.21. The van der Waals surface area contributed by atoms with Crippen LogP contribution < -0.4 is 10.6 Å². The molecule has 0 spiro atoms. The lowest BCUT2D eigenvalue weighted by atomic mass is 9.93. The van der Waals surface area contributed by atoms with E-state index in [1.165, 1.54) is 37.8 Å². The Balaban J connectivity index is 1.37. The van der Waals surface area contributed by atoms with Gasteiger partial charge in [-0.05, 0) is 74.4 Å². The molecule has 2 amide bonds. The van der Waals surface area contributed by atoms with Crippen LogP contribution in [0.15, 0.2) is 42.5 Å². The normalized spacial score (nSPS) is 17.2. The molecule has 11 nitrogen and oxygen atoms in total. The van der Waals surface area contributed by atoms with Crippen molar-refractivity contribution < 1.29 is 45.8 Å². The van der Waals surface area contributed by atoms with E-state index in [0.29, 0.717) is 32.8 Å². The van der Waals surface area contributed by atoms with Crippen LogP contribution in [0.25, 0.3) is 22.0 Å². The van der Waals surface area contributed by atoms with Crippen LogP contribution in [0.4, 0.5) is 32.2 Å². The SMILES string of the molecule is COCC(=O)Nc1nn(C)c2c(-c3ccc(C#CC(C)(C)O)nc3[C@H](Cc3cc(F)cc(F)c3)NC(=O)Cn3nc(C(F)F)c4c3C(F)(F)C3C[C@H]43)ccc(Cl)c12. The molecule has 0 aliphatic heterocycles. The van der Waals surface area contributed by atoms with E-state index in [1.807, 2.05) is 0 Å². The average Bonchev–Trinajstić information content (AvgIpc) is 3.65. The third-order valence-electron chi connectivity index (χ3n) is 9.67. The molecule has 0 radical (unpaired) electrons. The second-order valence-corrected chi connectivity index (χ2v) is 14.9. The Morgan fingerprint density at radius 2 is 1.77 bits per heavy atom. The topological polar surface area (TPSA) is 136 Å². The number of aliphatic hydroxyl groups is 1. The predicted molar refractivity (Wildman–Crippen MR) is 196 cm³/mol. The van der Waals surface area contributed by atoms with Gasteiger partial charge in [-0.3, -0.25) is 19.0 Å². The van der Waals surface area contributed by atoms with Crippen LogP contribution in [0.5, 0.6) is 0 Å². The Morgan fingerprint density at radius 3 is 2.44 bits per heavy atom. The van der Waals surface area contributed by atoms with Gasteiger partial charge in [0.05, 0.1) is 27.7 Å². The smallest absolute Gasteiger partial charge is 0.293 e. The first-order chi connectivity index (χ1) is 26.9. The second-order valence-electron chi connectivity index (χ2n) is 14.5. The van der Waals surface area contributed by atoms with E-state index in [2.05, 4.69) is 32.7 Å². The van der Waals surface area contributed by atoms with E-state index in [9.17, 15) is 32.3 Å². The number of aromatic nitrogens is 5. The summed E-state index contributed by atoms with van der Waals surface area (Å²) in [5, 5.41) is 24.4. The quantitative estimate of drug-likeness (QED) is 0.0996. The number of carbonyl (C=O) groups is 2. The molecule has 2 aliphatic carbocycles.